The number of hydrogen-bond donors (Lipinski definition) is 1. The lowest BCUT2D eigenvalue weighted by Gasteiger charge is -2.30. The predicted molar refractivity (Wildman–Crippen MR) is 121 cm³/mol. The Morgan fingerprint density at radius 2 is 1.82 bits per heavy atom. The molecule has 11 heteroatoms. The van der Waals surface area contributed by atoms with Crippen molar-refractivity contribution in [2.24, 2.45) is 5.92 Å². The first-order valence-electron chi connectivity index (χ1n) is 10.7. The third-order valence-corrected chi connectivity index (χ3v) is 6.95. The minimum absolute atomic E-state index is 0.0226. The second kappa shape index (κ2) is 11.0. The summed E-state index contributed by atoms with van der Waals surface area (Å²) in [6, 6.07) is 6.04. The lowest BCUT2D eigenvalue weighted by atomic mass is 10.00. The molecule has 0 bridgehead atoms. The van der Waals surface area contributed by atoms with Gasteiger partial charge in [-0.1, -0.05) is 0 Å². The molecule has 1 aliphatic heterocycles. The molecule has 2 amide bonds. The van der Waals surface area contributed by atoms with Crippen LogP contribution in [0.5, 0.6) is 5.75 Å². The van der Waals surface area contributed by atoms with Gasteiger partial charge in [0, 0.05) is 25.7 Å². The summed E-state index contributed by atoms with van der Waals surface area (Å²) in [5.41, 5.74) is -0.424. The van der Waals surface area contributed by atoms with Crippen LogP contribution in [0, 0.1) is 5.92 Å². The van der Waals surface area contributed by atoms with Gasteiger partial charge in [-0.3, -0.25) is 14.4 Å². The third-order valence-electron chi connectivity index (χ3n) is 5.07. The first kappa shape index (κ1) is 26.6. The normalized spacial score (nSPS) is 17.2. The molecule has 1 aromatic carbocycles. The smallest absolute Gasteiger partial charge is 0.310 e. The van der Waals surface area contributed by atoms with Gasteiger partial charge in [-0.25, -0.2) is 8.42 Å². The average molecular weight is 484 g/mol. The number of hydrogen-bond acceptors (Lipinski definition) is 7. The second-order valence-corrected chi connectivity index (χ2v) is 11.0. The Morgan fingerprint density at radius 3 is 2.39 bits per heavy atom. The Balaban J connectivity index is 1.91. The summed E-state index contributed by atoms with van der Waals surface area (Å²) in [4.78, 5) is 38.0. The molecular formula is C22H33N3O7S. The standard InChI is InChI=1S/C22H33N3O7S/c1-22(2,3)23-19(26)14-24(4)20(27)15-32-21(28)16-7-6-12-25(13-16)33(29,30)18-10-8-17(31-5)9-11-18/h8-11,16H,6-7,12-15H2,1-5H3,(H,23,26). The van der Waals surface area contributed by atoms with E-state index in [1.54, 1.807) is 12.1 Å². The van der Waals surface area contributed by atoms with E-state index in [0.29, 0.717) is 25.1 Å². The van der Waals surface area contributed by atoms with Gasteiger partial charge in [0.15, 0.2) is 6.61 Å². The number of amides is 2. The van der Waals surface area contributed by atoms with Crippen molar-refractivity contribution >= 4 is 27.8 Å². The highest BCUT2D eigenvalue weighted by atomic mass is 32.2. The van der Waals surface area contributed by atoms with Gasteiger partial charge in [0.1, 0.15) is 5.75 Å². The zero-order chi connectivity index (χ0) is 24.8. The largest absolute Gasteiger partial charge is 0.497 e. The molecule has 0 spiro atoms. The van der Waals surface area contributed by atoms with Gasteiger partial charge < -0.3 is 19.7 Å². The van der Waals surface area contributed by atoms with Crippen LogP contribution in [-0.2, 0) is 29.1 Å². The number of esters is 1. The monoisotopic (exact) mass is 483 g/mol. The molecule has 1 saturated heterocycles. The molecule has 1 N–H and O–H groups in total. The topological polar surface area (TPSA) is 122 Å². The third kappa shape index (κ3) is 7.71. The summed E-state index contributed by atoms with van der Waals surface area (Å²) in [7, 11) is -0.836. The summed E-state index contributed by atoms with van der Waals surface area (Å²) in [5.74, 6) is -1.61. The Morgan fingerprint density at radius 1 is 1.18 bits per heavy atom. The van der Waals surface area contributed by atoms with Gasteiger partial charge in [0.25, 0.3) is 5.91 Å². The van der Waals surface area contributed by atoms with Crippen LogP contribution in [-0.4, -0.2) is 81.3 Å². The van der Waals surface area contributed by atoms with Crippen molar-refractivity contribution in [3.8, 4) is 5.75 Å². The van der Waals surface area contributed by atoms with Crippen molar-refractivity contribution in [1.82, 2.24) is 14.5 Å². The molecule has 0 radical (unpaired) electrons. The van der Waals surface area contributed by atoms with E-state index >= 15 is 0 Å². The van der Waals surface area contributed by atoms with Crippen LogP contribution >= 0.6 is 0 Å². The van der Waals surface area contributed by atoms with Crippen molar-refractivity contribution in [1.29, 1.82) is 0 Å². The summed E-state index contributed by atoms with van der Waals surface area (Å²) in [5, 5.41) is 2.75. The molecule has 1 aliphatic rings. The van der Waals surface area contributed by atoms with Crippen LogP contribution in [0.2, 0.25) is 0 Å². The summed E-state index contributed by atoms with van der Waals surface area (Å²) < 4.78 is 37.4. The van der Waals surface area contributed by atoms with Crippen LogP contribution in [0.15, 0.2) is 29.2 Å². The minimum Gasteiger partial charge on any atom is -0.497 e. The molecule has 33 heavy (non-hydrogen) atoms. The van der Waals surface area contributed by atoms with Gasteiger partial charge in [-0.15, -0.1) is 0 Å². The highest BCUT2D eigenvalue weighted by Crippen LogP contribution is 2.25. The molecule has 1 atom stereocenters. The fraction of sp³-hybridized carbons (Fsp3) is 0.591. The molecule has 1 aromatic rings. The predicted octanol–water partition coefficient (Wildman–Crippen LogP) is 1.01. The number of carbonyl (C=O) groups excluding carboxylic acids is 3. The molecule has 0 aromatic heterocycles. The number of rotatable bonds is 8. The van der Waals surface area contributed by atoms with E-state index in [9.17, 15) is 22.8 Å². The van der Waals surface area contributed by atoms with E-state index in [0.717, 1.165) is 0 Å². The molecule has 0 saturated carbocycles. The Labute approximate surface area is 195 Å². The number of benzene rings is 1. The zero-order valence-corrected chi connectivity index (χ0v) is 20.6. The van der Waals surface area contributed by atoms with E-state index in [4.69, 9.17) is 9.47 Å². The number of sulfonamides is 1. The van der Waals surface area contributed by atoms with E-state index in [2.05, 4.69) is 5.32 Å². The summed E-state index contributed by atoms with van der Waals surface area (Å²) >= 11 is 0. The Bertz CT molecular complexity index is 955. The fourth-order valence-corrected chi connectivity index (χ4v) is 4.90. The van der Waals surface area contributed by atoms with Crippen molar-refractivity contribution in [3.63, 3.8) is 0 Å². The highest BCUT2D eigenvalue weighted by molar-refractivity contribution is 7.89. The van der Waals surface area contributed by atoms with E-state index < -0.39 is 40.0 Å². The van der Waals surface area contributed by atoms with Crippen molar-refractivity contribution in [2.45, 2.75) is 44.0 Å². The van der Waals surface area contributed by atoms with Crippen molar-refractivity contribution < 1.29 is 32.3 Å². The first-order valence-corrected chi connectivity index (χ1v) is 12.1. The molecule has 10 nitrogen and oxygen atoms in total. The maximum absolute atomic E-state index is 12.9. The molecule has 1 heterocycles. The summed E-state index contributed by atoms with van der Waals surface area (Å²) in [6.45, 7) is 5.09. The molecule has 2 rings (SSSR count). The fourth-order valence-electron chi connectivity index (χ4n) is 3.37. The lowest BCUT2D eigenvalue weighted by molar-refractivity contribution is -0.156. The van der Waals surface area contributed by atoms with Gasteiger partial charge in [0.2, 0.25) is 15.9 Å². The average Bonchev–Trinajstić information content (AvgIpc) is 2.75. The molecule has 184 valence electrons. The maximum Gasteiger partial charge on any atom is 0.310 e. The number of carbonyl (C=O) groups is 3. The van der Waals surface area contributed by atoms with E-state index in [-0.39, 0.29) is 23.9 Å². The maximum atomic E-state index is 12.9. The number of likely N-dealkylation sites (N-methyl/N-ethyl adjacent to an activating group) is 1. The lowest BCUT2D eigenvalue weighted by Crippen LogP contribution is -2.47. The van der Waals surface area contributed by atoms with Crippen LogP contribution in [0.1, 0.15) is 33.6 Å². The number of nitrogens with zero attached hydrogens (tertiary/aromatic N) is 2. The number of methoxy groups -OCH3 is 1. The second-order valence-electron chi connectivity index (χ2n) is 9.03. The number of ether oxygens (including phenoxy) is 2. The van der Waals surface area contributed by atoms with E-state index in [1.807, 2.05) is 20.8 Å². The zero-order valence-electron chi connectivity index (χ0n) is 19.8. The Kier molecular flexibility index (Phi) is 8.84. The molecule has 1 fully saturated rings. The SMILES string of the molecule is COc1ccc(S(=O)(=O)N2CCCC(C(=O)OCC(=O)N(C)CC(=O)NC(C)(C)C)C2)cc1. The van der Waals surface area contributed by atoms with Crippen LogP contribution < -0.4 is 10.1 Å². The van der Waals surface area contributed by atoms with Gasteiger partial charge >= 0.3 is 5.97 Å². The quantitative estimate of drug-likeness (QED) is 0.548. The van der Waals surface area contributed by atoms with Crippen LogP contribution in [0.4, 0.5) is 0 Å². The van der Waals surface area contributed by atoms with Crippen LogP contribution in [0.3, 0.4) is 0 Å². The van der Waals surface area contributed by atoms with Gasteiger partial charge in [-0.2, -0.15) is 4.31 Å². The molecule has 1 unspecified atom stereocenters. The number of piperidine rings is 1. The molecule has 0 aliphatic carbocycles. The van der Waals surface area contributed by atoms with Crippen molar-refractivity contribution in [2.75, 3.05) is 40.4 Å². The van der Waals surface area contributed by atoms with Gasteiger partial charge in [-0.05, 0) is 57.9 Å². The Hall–Kier alpha value is -2.66. The van der Waals surface area contributed by atoms with E-state index in [1.165, 1.54) is 35.5 Å². The minimum atomic E-state index is -3.78. The van der Waals surface area contributed by atoms with Gasteiger partial charge in [0.05, 0.1) is 24.5 Å². The molecular weight excluding hydrogens is 450 g/mol. The first-order chi connectivity index (χ1) is 15.3. The number of nitrogens with one attached hydrogen (secondary N) is 1. The van der Waals surface area contributed by atoms with Crippen molar-refractivity contribution in [3.05, 3.63) is 24.3 Å². The summed E-state index contributed by atoms with van der Waals surface area (Å²) in [6.07, 6.45) is 0.960. The highest BCUT2D eigenvalue weighted by Gasteiger charge is 2.34. The van der Waals surface area contributed by atoms with Crippen LogP contribution in [0.25, 0.3) is 0 Å².